The lowest BCUT2D eigenvalue weighted by Crippen LogP contribution is -2.36. The van der Waals surface area contributed by atoms with Crippen LogP contribution in [0.1, 0.15) is 58.8 Å². The van der Waals surface area contributed by atoms with E-state index >= 15 is 0 Å². The summed E-state index contributed by atoms with van der Waals surface area (Å²) in [6, 6.07) is 0. The predicted molar refractivity (Wildman–Crippen MR) is 65.0 cm³/mol. The molecule has 0 aromatic carbocycles. The van der Waals surface area contributed by atoms with Crippen LogP contribution in [-0.2, 0) is 4.74 Å². The molecular formula is C14H24O. The Morgan fingerprint density at radius 1 is 1.53 bits per heavy atom. The maximum Gasteiger partial charge on any atom is 0.0911 e. The summed E-state index contributed by atoms with van der Waals surface area (Å²) in [7, 11) is 0. The molecule has 15 heavy (non-hydrogen) atoms. The molecule has 1 nitrogen and oxygen atoms in total. The van der Waals surface area contributed by atoms with Gasteiger partial charge >= 0.3 is 0 Å². The van der Waals surface area contributed by atoms with Crippen molar-refractivity contribution < 1.29 is 4.74 Å². The van der Waals surface area contributed by atoms with Gasteiger partial charge in [-0.15, -0.1) is 5.73 Å². The van der Waals surface area contributed by atoms with Gasteiger partial charge < -0.3 is 4.74 Å². The van der Waals surface area contributed by atoms with Crippen LogP contribution in [0, 0.1) is 0 Å². The van der Waals surface area contributed by atoms with Crippen LogP contribution in [0.25, 0.3) is 0 Å². The molecule has 1 heterocycles. The van der Waals surface area contributed by atoms with Gasteiger partial charge in [0.05, 0.1) is 11.7 Å². The summed E-state index contributed by atoms with van der Waals surface area (Å²) in [5.74, 6) is 0. The lowest BCUT2D eigenvalue weighted by Gasteiger charge is -2.36. The fraction of sp³-hybridized carbons (Fsp3) is 0.786. The van der Waals surface area contributed by atoms with Crippen LogP contribution in [0.15, 0.2) is 18.4 Å². The zero-order chi connectivity index (χ0) is 11.1. The summed E-state index contributed by atoms with van der Waals surface area (Å²) < 4.78 is 6.10. The fourth-order valence-corrected chi connectivity index (χ4v) is 2.33. The average molecular weight is 208 g/mol. The standard InChI is InChI=1S/C14H24O/c1-4-6-7-9-13-10-8-12-14(3,15-13)11-5-2/h11,13H,2,4,6-10,12H2,1,3H3/t13-,14-/m1/s1. The van der Waals surface area contributed by atoms with Crippen LogP contribution in [0.4, 0.5) is 0 Å². The Morgan fingerprint density at radius 2 is 2.33 bits per heavy atom. The van der Waals surface area contributed by atoms with Gasteiger partial charge in [0.25, 0.3) is 0 Å². The number of hydrogen-bond donors (Lipinski definition) is 0. The molecule has 0 spiro atoms. The zero-order valence-corrected chi connectivity index (χ0v) is 10.2. The minimum atomic E-state index is -0.100. The second-order valence-electron chi connectivity index (χ2n) is 4.79. The summed E-state index contributed by atoms with van der Waals surface area (Å²) in [6.45, 7) is 8.03. The van der Waals surface area contributed by atoms with Crippen molar-refractivity contribution in [2.45, 2.75) is 70.5 Å². The average Bonchev–Trinajstić information content (AvgIpc) is 2.18. The van der Waals surface area contributed by atoms with E-state index in [2.05, 4.69) is 26.2 Å². The molecule has 0 aromatic heterocycles. The number of rotatable bonds is 5. The van der Waals surface area contributed by atoms with E-state index in [1.807, 2.05) is 6.08 Å². The number of ether oxygens (including phenoxy) is 1. The summed E-state index contributed by atoms with van der Waals surface area (Å²) in [4.78, 5) is 0. The van der Waals surface area contributed by atoms with Crippen molar-refractivity contribution in [2.24, 2.45) is 0 Å². The van der Waals surface area contributed by atoms with Crippen molar-refractivity contribution in [1.29, 1.82) is 0 Å². The Morgan fingerprint density at radius 3 is 3.00 bits per heavy atom. The van der Waals surface area contributed by atoms with Crippen LogP contribution >= 0.6 is 0 Å². The second kappa shape index (κ2) is 6.15. The molecule has 0 amide bonds. The van der Waals surface area contributed by atoms with Crippen molar-refractivity contribution in [1.82, 2.24) is 0 Å². The molecule has 0 N–H and O–H groups in total. The van der Waals surface area contributed by atoms with Crippen LogP contribution in [0.2, 0.25) is 0 Å². The molecule has 0 saturated carbocycles. The quantitative estimate of drug-likeness (QED) is 0.485. The maximum atomic E-state index is 6.10. The normalized spacial score (nSPS) is 30.9. The predicted octanol–water partition coefficient (Wildman–Crippen LogP) is 4.24. The Hall–Kier alpha value is -0.520. The number of unbranched alkanes of at least 4 members (excludes halogenated alkanes) is 2. The van der Waals surface area contributed by atoms with Gasteiger partial charge in [-0.1, -0.05) is 32.8 Å². The molecule has 0 unspecified atom stereocenters. The molecule has 0 aromatic rings. The molecule has 0 aliphatic carbocycles. The first-order valence-corrected chi connectivity index (χ1v) is 6.25. The van der Waals surface area contributed by atoms with Crippen molar-refractivity contribution in [3.8, 4) is 0 Å². The van der Waals surface area contributed by atoms with Crippen LogP contribution in [-0.4, -0.2) is 11.7 Å². The smallest absolute Gasteiger partial charge is 0.0911 e. The number of hydrogen-bond acceptors (Lipinski definition) is 1. The minimum absolute atomic E-state index is 0.100. The lowest BCUT2D eigenvalue weighted by molar-refractivity contribution is -0.0915. The van der Waals surface area contributed by atoms with Crippen molar-refractivity contribution >= 4 is 0 Å². The fourth-order valence-electron chi connectivity index (χ4n) is 2.33. The van der Waals surface area contributed by atoms with Crippen molar-refractivity contribution in [2.75, 3.05) is 0 Å². The van der Waals surface area contributed by atoms with Gasteiger partial charge in [-0.2, -0.15) is 0 Å². The highest BCUT2D eigenvalue weighted by Crippen LogP contribution is 2.31. The first-order valence-electron chi connectivity index (χ1n) is 6.25. The maximum absolute atomic E-state index is 6.10. The highest BCUT2D eigenvalue weighted by atomic mass is 16.5. The summed E-state index contributed by atoms with van der Waals surface area (Å²) in [5, 5.41) is 0. The van der Waals surface area contributed by atoms with E-state index in [1.54, 1.807) is 0 Å². The summed E-state index contributed by atoms with van der Waals surface area (Å²) in [6.07, 6.45) is 11.2. The molecule has 86 valence electrons. The molecule has 2 atom stereocenters. The molecule has 1 heteroatoms. The van der Waals surface area contributed by atoms with Crippen molar-refractivity contribution in [3.63, 3.8) is 0 Å². The molecular weight excluding hydrogens is 184 g/mol. The third-order valence-corrected chi connectivity index (χ3v) is 3.17. The van der Waals surface area contributed by atoms with E-state index in [0.717, 1.165) is 6.42 Å². The molecule has 1 saturated heterocycles. The van der Waals surface area contributed by atoms with Crippen molar-refractivity contribution in [3.05, 3.63) is 18.4 Å². The topological polar surface area (TPSA) is 9.23 Å². The van der Waals surface area contributed by atoms with Gasteiger partial charge in [0, 0.05) is 0 Å². The monoisotopic (exact) mass is 208 g/mol. The van der Waals surface area contributed by atoms with Gasteiger partial charge in [-0.25, -0.2) is 0 Å². The molecule has 0 bridgehead atoms. The summed E-state index contributed by atoms with van der Waals surface area (Å²) in [5.41, 5.74) is 2.77. The highest BCUT2D eigenvalue weighted by Gasteiger charge is 2.30. The molecule has 1 rings (SSSR count). The third kappa shape index (κ3) is 4.24. The summed E-state index contributed by atoms with van der Waals surface area (Å²) >= 11 is 0. The first kappa shape index (κ1) is 12.5. The van der Waals surface area contributed by atoms with E-state index in [1.165, 1.54) is 38.5 Å². The van der Waals surface area contributed by atoms with Crippen LogP contribution in [0.5, 0.6) is 0 Å². The van der Waals surface area contributed by atoms with Crippen LogP contribution < -0.4 is 0 Å². The van der Waals surface area contributed by atoms with E-state index in [0.29, 0.717) is 6.10 Å². The van der Waals surface area contributed by atoms with E-state index < -0.39 is 0 Å². The van der Waals surface area contributed by atoms with Gasteiger partial charge in [-0.05, 0) is 38.7 Å². The third-order valence-electron chi connectivity index (χ3n) is 3.17. The molecule has 1 fully saturated rings. The first-order chi connectivity index (χ1) is 7.20. The lowest BCUT2D eigenvalue weighted by atomic mass is 9.91. The Kier molecular flexibility index (Phi) is 5.14. The van der Waals surface area contributed by atoms with Gasteiger partial charge in [0.1, 0.15) is 0 Å². The molecule has 1 aliphatic heterocycles. The zero-order valence-electron chi connectivity index (χ0n) is 10.2. The van der Waals surface area contributed by atoms with E-state index in [9.17, 15) is 0 Å². The van der Waals surface area contributed by atoms with Gasteiger partial charge in [0.2, 0.25) is 0 Å². The highest BCUT2D eigenvalue weighted by molar-refractivity contribution is 4.99. The Bertz CT molecular complexity index is 227. The second-order valence-corrected chi connectivity index (χ2v) is 4.79. The molecule has 0 radical (unpaired) electrons. The van der Waals surface area contributed by atoms with E-state index in [-0.39, 0.29) is 5.60 Å². The van der Waals surface area contributed by atoms with E-state index in [4.69, 9.17) is 4.74 Å². The van der Waals surface area contributed by atoms with Crippen LogP contribution in [0.3, 0.4) is 0 Å². The Balaban J connectivity index is 2.38. The van der Waals surface area contributed by atoms with Gasteiger partial charge in [0.15, 0.2) is 0 Å². The SMILES string of the molecule is C=C=C[C@]1(C)CCC[C@@H](CCCCC)O1. The minimum Gasteiger partial charge on any atom is -0.367 e. The Labute approximate surface area is 94.2 Å². The largest absolute Gasteiger partial charge is 0.367 e. The molecule has 1 aliphatic rings. The van der Waals surface area contributed by atoms with Gasteiger partial charge in [-0.3, -0.25) is 0 Å².